The molecule has 0 N–H and O–H groups in total. The van der Waals surface area contributed by atoms with E-state index in [4.69, 9.17) is 16.3 Å². The molecule has 0 spiro atoms. The van der Waals surface area contributed by atoms with Crippen molar-refractivity contribution >= 4 is 23.1 Å². The van der Waals surface area contributed by atoms with Crippen molar-refractivity contribution < 1.29 is 14.5 Å². The highest BCUT2D eigenvalue weighted by Crippen LogP contribution is 2.27. The van der Waals surface area contributed by atoms with E-state index in [1.54, 1.807) is 24.3 Å². The largest absolute Gasteiger partial charge is 0.496 e. The second-order valence-electron chi connectivity index (χ2n) is 3.95. The molecule has 0 bridgehead atoms. The van der Waals surface area contributed by atoms with Gasteiger partial charge in [0.25, 0.3) is 5.69 Å². The van der Waals surface area contributed by atoms with Crippen LogP contribution in [0, 0.1) is 10.1 Å². The maximum Gasteiger partial charge on any atom is 0.287 e. The first-order valence-electron chi connectivity index (χ1n) is 5.66. The predicted octanol–water partition coefficient (Wildman–Crippen LogP) is 3.49. The number of nitrogens with zero attached hydrogens (tertiary/aromatic N) is 1. The van der Waals surface area contributed by atoms with Crippen LogP contribution in [0.1, 0.15) is 15.9 Å². The van der Waals surface area contributed by atoms with Crippen LogP contribution in [-0.4, -0.2) is 17.8 Å². The van der Waals surface area contributed by atoms with Gasteiger partial charge in [-0.25, -0.2) is 0 Å². The number of benzene rings is 2. The fraction of sp³-hybridized carbons (Fsp3) is 0.0714. The molecule has 0 amide bonds. The zero-order valence-corrected chi connectivity index (χ0v) is 11.3. The van der Waals surface area contributed by atoms with E-state index in [9.17, 15) is 14.9 Å². The number of carbonyl (C=O) groups excluding carboxylic acids is 1. The number of para-hydroxylation sites is 1. The summed E-state index contributed by atoms with van der Waals surface area (Å²) in [6.07, 6.45) is 0. The standard InChI is InChI=1S/C14H10ClNO4/c1-20-13-5-3-2-4-10(13)14(17)9-6-7-12(16(18)19)11(15)8-9/h2-8H,1H3. The van der Waals surface area contributed by atoms with Crippen molar-refractivity contribution in [2.45, 2.75) is 0 Å². The van der Waals surface area contributed by atoms with E-state index in [1.165, 1.54) is 25.3 Å². The van der Waals surface area contributed by atoms with E-state index in [0.717, 1.165) is 0 Å². The molecule has 0 aliphatic carbocycles. The lowest BCUT2D eigenvalue weighted by Gasteiger charge is -2.07. The molecule has 20 heavy (non-hydrogen) atoms. The van der Waals surface area contributed by atoms with Crippen molar-refractivity contribution in [3.63, 3.8) is 0 Å². The fourth-order valence-corrected chi connectivity index (χ4v) is 2.03. The van der Waals surface area contributed by atoms with Gasteiger partial charge in [0, 0.05) is 11.6 Å². The van der Waals surface area contributed by atoms with Crippen LogP contribution >= 0.6 is 11.6 Å². The van der Waals surface area contributed by atoms with E-state index in [0.29, 0.717) is 11.3 Å². The molecule has 0 aliphatic heterocycles. The first kappa shape index (κ1) is 14.0. The number of rotatable bonds is 4. The molecule has 2 aromatic rings. The van der Waals surface area contributed by atoms with Gasteiger partial charge in [-0.05, 0) is 24.3 Å². The lowest BCUT2D eigenvalue weighted by atomic mass is 10.0. The molecule has 2 aromatic carbocycles. The summed E-state index contributed by atoms with van der Waals surface area (Å²) in [6.45, 7) is 0. The Bertz CT molecular complexity index is 685. The summed E-state index contributed by atoms with van der Waals surface area (Å²) in [5.74, 6) is 0.131. The number of nitro groups is 1. The molecule has 5 nitrogen and oxygen atoms in total. The molecule has 0 radical (unpaired) electrons. The Hall–Kier alpha value is -2.40. The number of methoxy groups -OCH3 is 1. The van der Waals surface area contributed by atoms with Crippen LogP contribution in [0.25, 0.3) is 0 Å². The van der Waals surface area contributed by atoms with E-state index in [-0.39, 0.29) is 22.1 Å². The van der Waals surface area contributed by atoms with Gasteiger partial charge in [0.1, 0.15) is 10.8 Å². The van der Waals surface area contributed by atoms with Gasteiger partial charge in [-0.2, -0.15) is 0 Å². The zero-order valence-electron chi connectivity index (χ0n) is 10.5. The number of hydrogen-bond donors (Lipinski definition) is 0. The van der Waals surface area contributed by atoms with Gasteiger partial charge < -0.3 is 4.74 Å². The Balaban J connectivity index is 2.44. The van der Waals surface area contributed by atoms with Crippen LogP contribution in [0.3, 0.4) is 0 Å². The maximum atomic E-state index is 12.4. The first-order chi connectivity index (χ1) is 9.54. The number of ketones is 1. The number of hydrogen-bond acceptors (Lipinski definition) is 4. The SMILES string of the molecule is COc1ccccc1C(=O)c1ccc([N+](=O)[O-])c(Cl)c1. The van der Waals surface area contributed by atoms with Gasteiger partial charge in [0.15, 0.2) is 5.78 Å². The second kappa shape index (κ2) is 5.71. The average molecular weight is 292 g/mol. The van der Waals surface area contributed by atoms with Crippen molar-refractivity contribution in [3.05, 3.63) is 68.7 Å². The molecular weight excluding hydrogens is 282 g/mol. The van der Waals surface area contributed by atoms with Crippen molar-refractivity contribution in [3.8, 4) is 5.75 Å². The lowest BCUT2D eigenvalue weighted by molar-refractivity contribution is -0.384. The fourth-order valence-electron chi connectivity index (χ4n) is 1.78. The Morgan fingerprint density at radius 3 is 2.55 bits per heavy atom. The summed E-state index contributed by atoms with van der Waals surface area (Å²) in [6, 6.07) is 10.6. The highest BCUT2D eigenvalue weighted by Gasteiger charge is 2.18. The van der Waals surface area contributed by atoms with Gasteiger partial charge in [-0.3, -0.25) is 14.9 Å². The normalized spacial score (nSPS) is 10.1. The smallest absolute Gasteiger partial charge is 0.287 e. The molecule has 2 rings (SSSR count). The van der Waals surface area contributed by atoms with Gasteiger partial charge >= 0.3 is 0 Å². The minimum absolute atomic E-state index is 0.0734. The highest BCUT2D eigenvalue weighted by molar-refractivity contribution is 6.33. The Morgan fingerprint density at radius 1 is 1.25 bits per heavy atom. The van der Waals surface area contributed by atoms with E-state index in [1.807, 2.05) is 0 Å². The van der Waals surface area contributed by atoms with Crippen LogP contribution in [-0.2, 0) is 0 Å². The molecule has 102 valence electrons. The highest BCUT2D eigenvalue weighted by atomic mass is 35.5. The summed E-state index contributed by atoms with van der Waals surface area (Å²) >= 11 is 5.80. The molecule has 6 heteroatoms. The van der Waals surface area contributed by atoms with Crippen molar-refractivity contribution in [1.29, 1.82) is 0 Å². The summed E-state index contributed by atoms with van der Waals surface area (Å²) in [7, 11) is 1.47. The Morgan fingerprint density at radius 2 is 1.95 bits per heavy atom. The third-order valence-corrected chi connectivity index (χ3v) is 3.06. The van der Waals surface area contributed by atoms with E-state index >= 15 is 0 Å². The first-order valence-corrected chi connectivity index (χ1v) is 6.04. The van der Waals surface area contributed by atoms with Crippen LogP contribution in [0.15, 0.2) is 42.5 Å². The van der Waals surface area contributed by atoms with Crippen molar-refractivity contribution in [2.24, 2.45) is 0 Å². The molecule has 0 aliphatic rings. The average Bonchev–Trinajstić information content (AvgIpc) is 2.45. The molecule has 0 atom stereocenters. The molecule has 0 aromatic heterocycles. The molecule has 0 heterocycles. The third kappa shape index (κ3) is 2.62. The quantitative estimate of drug-likeness (QED) is 0.491. The summed E-state index contributed by atoms with van der Waals surface area (Å²) in [5.41, 5.74) is 0.410. The monoisotopic (exact) mass is 291 g/mol. The Labute approximate surface area is 119 Å². The van der Waals surface area contributed by atoms with Crippen LogP contribution < -0.4 is 4.74 Å². The predicted molar refractivity (Wildman–Crippen MR) is 74.5 cm³/mol. The van der Waals surface area contributed by atoms with Gasteiger partial charge in [0.05, 0.1) is 17.6 Å². The number of nitro benzene ring substituents is 1. The minimum atomic E-state index is -0.598. The van der Waals surface area contributed by atoms with E-state index in [2.05, 4.69) is 0 Å². The third-order valence-electron chi connectivity index (χ3n) is 2.76. The molecule has 0 saturated carbocycles. The van der Waals surface area contributed by atoms with Crippen LogP contribution in [0.5, 0.6) is 5.75 Å². The van der Waals surface area contributed by atoms with Crippen LogP contribution in [0.4, 0.5) is 5.69 Å². The molecule has 0 unspecified atom stereocenters. The zero-order chi connectivity index (χ0) is 14.7. The summed E-state index contributed by atoms with van der Waals surface area (Å²) in [4.78, 5) is 22.4. The molecular formula is C14H10ClNO4. The Kier molecular flexibility index (Phi) is 4.00. The van der Waals surface area contributed by atoms with Crippen molar-refractivity contribution in [2.75, 3.05) is 7.11 Å². The topological polar surface area (TPSA) is 69.4 Å². The number of halogens is 1. The summed E-state index contributed by atoms with van der Waals surface area (Å²) < 4.78 is 5.12. The van der Waals surface area contributed by atoms with Crippen molar-refractivity contribution in [1.82, 2.24) is 0 Å². The second-order valence-corrected chi connectivity index (χ2v) is 4.36. The van der Waals surface area contributed by atoms with Crippen LogP contribution in [0.2, 0.25) is 5.02 Å². The maximum absolute atomic E-state index is 12.4. The number of ether oxygens (including phenoxy) is 1. The van der Waals surface area contributed by atoms with Gasteiger partial charge in [0.2, 0.25) is 0 Å². The molecule has 0 saturated heterocycles. The van der Waals surface area contributed by atoms with E-state index < -0.39 is 4.92 Å². The number of carbonyl (C=O) groups is 1. The lowest BCUT2D eigenvalue weighted by Crippen LogP contribution is -2.04. The summed E-state index contributed by atoms with van der Waals surface area (Å²) in [5, 5.41) is 10.6. The minimum Gasteiger partial charge on any atom is -0.496 e. The molecule has 0 fully saturated rings. The van der Waals surface area contributed by atoms with Gasteiger partial charge in [-0.1, -0.05) is 23.7 Å². The van der Waals surface area contributed by atoms with Gasteiger partial charge in [-0.15, -0.1) is 0 Å².